The van der Waals surface area contributed by atoms with Crippen molar-refractivity contribution in [1.82, 2.24) is 14.8 Å². The number of benzene rings is 1. The number of rotatable bonds is 3. The number of aromatic nitrogens is 3. The third kappa shape index (κ3) is 3.60. The van der Waals surface area contributed by atoms with E-state index in [2.05, 4.69) is 10.1 Å². The first kappa shape index (κ1) is 18.8. The smallest absolute Gasteiger partial charge is 0.368 e. The van der Waals surface area contributed by atoms with Gasteiger partial charge in [0.05, 0.1) is 15.6 Å². The first-order chi connectivity index (χ1) is 10.8. The van der Waals surface area contributed by atoms with Crippen molar-refractivity contribution >= 4 is 37.3 Å². The average molecular weight is 403 g/mol. The van der Waals surface area contributed by atoms with E-state index >= 15 is 0 Å². The fourth-order valence-corrected chi connectivity index (χ4v) is 3.49. The van der Waals surface area contributed by atoms with Crippen molar-refractivity contribution in [2.75, 3.05) is 5.73 Å². The first-order valence-corrected chi connectivity index (χ1v) is 9.09. The zero-order valence-corrected chi connectivity index (χ0v) is 14.6. The number of alkyl halides is 3. The van der Waals surface area contributed by atoms with E-state index in [0.717, 1.165) is 6.07 Å². The molecular formula is C12H11Cl2F3N4O2S. The summed E-state index contributed by atoms with van der Waals surface area (Å²) in [6.45, 7) is 3.42. The minimum Gasteiger partial charge on any atom is -0.368 e. The summed E-state index contributed by atoms with van der Waals surface area (Å²) in [6.07, 6.45) is -4.81. The van der Waals surface area contributed by atoms with E-state index in [4.69, 9.17) is 28.0 Å². The summed E-state index contributed by atoms with van der Waals surface area (Å²) in [5.74, 6) is -2.32. The largest absolute Gasteiger partial charge is 0.453 e. The highest BCUT2D eigenvalue weighted by atomic mass is 35.7. The second kappa shape index (κ2) is 6.08. The van der Waals surface area contributed by atoms with E-state index in [1.807, 2.05) is 0 Å². The standard InChI is InChI=1S/C12H11Cl2F3N4O2S/c1-5(2)6-3-7(13)8(4-9(6)24(14,22)23)21-11(18)19-10(20-21)12(15,16)17/h3-5H,1-2H3,(H2,18,19,20). The SMILES string of the molecule is CC(C)c1cc(Cl)c(-n2nc(C(F)(F)F)nc2N)cc1S(=O)(=O)Cl. The molecule has 0 aliphatic carbocycles. The molecule has 1 aromatic carbocycles. The molecule has 132 valence electrons. The summed E-state index contributed by atoms with van der Waals surface area (Å²) < 4.78 is 62.2. The van der Waals surface area contributed by atoms with Gasteiger partial charge in [-0.1, -0.05) is 25.4 Å². The second-order valence-corrected chi connectivity index (χ2v) is 8.08. The van der Waals surface area contributed by atoms with Crippen molar-refractivity contribution < 1.29 is 21.6 Å². The number of nitrogen functional groups attached to an aromatic ring is 1. The number of hydrogen-bond donors (Lipinski definition) is 1. The van der Waals surface area contributed by atoms with Gasteiger partial charge in [-0.3, -0.25) is 0 Å². The highest BCUT2D eigenvalue weighted by molar-refractivity contribution is 8.13. The quantitative estimate of drug-likeness (QED) is 0.792. The van der Waals surface area contributed by atoms with Crippen molar-refractivity contribution in [2.24, 2.45) is 0 Å². The maximum atomic E-state index is 12.7. The van der Waals surface area contributed by atoms with Crippen LogP contribution in [0.1, 0.15) is 31.2 Å². The van der Waals surface area contributed by atoms with Crippen LogP contribution in [-0.4, -0.2) is 23.2 Å². The fourth-order valence-electron chi connectivity index (χ4n) is 2.00. The molecule has 0 bridgehead atoms. The normalized spacial score (nSPS) is 12.8. The van der Waals surface area contributed by atoms with E-state index in [9.17, 15) is 21.6 Å². The Morgan fingerprint density at radius 3 is 2.29 bits per heavy atom. The zero-order valence-electron chi connectivity index (χ0n) is 12.3. The lowest BCUT2D eigenvalue weighted by Gasteiger charge is -2.14. The van der Waals surface area contributed by atoms with E-state index in [1.54, 1.807) is 13.8 Å². The number of halogens is 5. The lowest BCUT2D eigenvalue weighted by Crippen LogP contribution is -2.10. The van der Waals surface area contributed by atoms with E-state index in [0.29, 0.717) is 10.2 Å². The van der Waals surface area contributed by atoms with Crippen LogP contribution in [0, 0.1) is 0 Å². The van der Waals surface area contributed by atoms with Crippen LogP contribution in [0.15, 0.2) is 17.0 Å². The molecule has 0 fully saturated rings. The molecule has 0 atom stereocenters. The Balaban J connectivity index is 2.75. The van der Waals surface area contributed by atoms with Crippen LogP contribution in [0.3, 0.4) is 0 Å². The second-order valence-electron chi connectivity index (χ2n) is 5.14. The minimum absolute atomic E-state index is 0.0481. The molecule has 0 saturated heterocycles. The van der Waals surface area contributed by atoms with Gasteiger partial charge in [-0.05, 0) is 23.6 Å². The van der Waals surface area contributed by atoms with Crippen LogP contribution in [0.4, 0.5) is 19.1 Å². The van der Waals surface area contributed by atoms with Gasteiger partial charge in [0.15, 0.2) is 0 Å². The number of hydrogen-bond acceptors (Lipinski definition) is 5. The molecule has 0 radical (unpaired) electrons. The van der Waals surface area contributed by atoms with Gasteiger partial charge in [0.25, 0.3) is 14.9 Å². The highest BCUT2D eigenvalue weighted by Crippen LogP contribution is 2.35. The Morgan fingerprint density at radius 2 is 1.88 bits per heavy atom. The van der Waals surface area contributed by atoms with Crippen molar-refractivity contribution in [3.05, 3.63) is 28.5 Å². The maximum absolute atomic E-state index is 12.7. The van der Waals surface area contributed by atoms with Gasteiger partial charge in [0, 0.05) is 10.7 Å². The summed E-state index contributed by atoms with van der Waals surface area (Å²) in [6, 6.07) is 2.32. The Morgan fingerprint density at radius 1 is 1.29 bits per heavy atom. The predicted molar refractivity (Wildman–Crippen MR) is 82.9 cm³/mol. The van der Waals surface area contributed by atoms with Crippen molar-refractivity contribution in [1.29, 1.82) is 0 Å². The molecule has 0 aliphatic rings. The molecule has 12 heteroatoms. The monoisotopic (exact) mass is 402 g/mol. The molecule has 0 unspecified atom stereocenters. The Kier molecular flexibility index (Phi) is 4.77. The first-order valence-electron chi connectivity index (χ1n) is 6.40. The predicted octanol–water partition coefficient (Wildman–Crippen LogP) is 3.57. The summed E-state index contributed by atoms with van der Waals surface area (Å²) in [7, 11) is 1.24. The summed E-state index contributed by atoms with van der Waals surface area (Å²) >= 11 is 6.06. The molecule has 1 aromatic heterocycles. The fraction of sp³-hybridized carbons (Fsp3) is 0.333. The Labute approximate surface area is 144 Å². The summed E-state index contributed by atoms with van der Waals surface area (Å²) in [5.41, 5.74) is 5.58. The Hall–Kier alpha value is -1.52. The van der Waals surface area contributed by atoms with Gasteiger partial charge in [-0.2, -0.15) is 22.8 Å². The molecule has 0 saturated carbocycles. The number of nitrogens with zero attached hydrogens (tertiary/aromatic N) is 3. The van der Waals surface area contributed by atoms with Crippen molar-refractivity contribution in [3.8, 4) is 5.69 Å². The molecular weight excluding hydrogens is 392 g/mol. The van der Waals surface area contributed by atoms with Gasteiger partial charge in [-0.15, -0.1) is 5.10 Å². The van der Waals surface area contributed by atoms with Crippen LogP contribution < -0.4 is 5.73 Å². The van der Waals surface area contributed by atoms with Gasteiger partial charge in [-0.25, -0.2) is 8.42 Å². The van der Waals surface area contributed by atoms with Crippen LogP contribution in [0.25, 0.3) is 5.69 Å². The lowest BCUT2D eigenvalue weighted by atomic mass is 10.0. The topological polar surface area (TPSA) is 90.9 Å². The molecule has 2 rings (SSSR count). The van der Waals surface area contributed by atoms with Gasteiger partial charge in [0.1, 0.15) is 0 Å². The van der Waals surface area contributed by atoms with Crippen LogP contribution in [0.5, 0.6) is 0 Å². The van der Waals surface area contributed by atoms with Crippen LogP contribution >= 0.6 is 22.3 Å². The minimum atomic E-state index is -4.81. The third-order valence-electron chi connectivity index (χ3n) is 3.08. The molecule has 24 heavy (non-hydrogen) atoms. The molecule has 0 amide bonds. The molecule has 6 nitrogen and oxygen atoms in total. The van der Waals surface area contributed by atoms with Crippen LogP contribution in [0.2, 0.25) is 5.02 Å². The molecule has 1 heterocycles. The molecule has 0 aliphatic heterocycles. The van der Waals surface area contributed by atoms with E-state index < -0.39 is 27.0 Å². The molecule has 0 spiro atoms. The third-order valence-corrected chi connectivity index (χ3v) is 4.76. The van der Waals surface area contributed by atoms with E-state index in [1.165, 1.54) is 6.07 Å². The lowest BCUT2D eigenvalue weighted by molar-refractivity contribution is -0.144. The van der Waals surface area contributed by atoms with Gasteiger partial charge in [0.2, 0.25) is 5.95 Å². The highest BCUT2D eigenvalue weighted by Gasteiger charge is 2.37. The van der Waals surface area contributed by atoms with Gasteiger partial charge < -0.3 is 5.73 Å². The molecule has 2 aromatic rings. The number of nitrogens with two attached hydrogens (primary N) is 1. The van der Waals surface area contributed by atoms with Crippen molar-refractivity contribution in [3.63, 3.8) is 0 Å². The van der Waals surface area contributed by atoms with E-state index in [-0.39, 0.29) is 21.5 Å². The zero-order chi connectivity index (χ0) is 18.4. The van der Waals surface area contributed by atoms with Gasteiger partial charge >= 0.3 is 6.18 Å². The van der Waals surface area contributed by atoms with Crippen LogP contribution in [-0.2, 0) is 15.2 Å². The Bertz CT molecular complexity index is 894. The molecule has 2 N–H and O–H groups in total. The number of anilines is 1. The summed E-state index contributed by atoms with van der Waals surface area (Å²) in [5, 5.41) is 3.19. The average Bonchev–Trinajstić information content (AvgIpc) is 2.79. The summed E-state index contributed by atoms with van der Waals surface area (Å²) in [4.78, 5) is 2.82. The maximum Gasteiger partial charge on any atom is 0.453 e. The van der Waals surface area contributed by atoms with Crippen molar-refractivity contribution in [2.45, 2.75) is 30.8 Å².